The summed E-state index contributed by atoms with van der Waals surface area (Å²) in [6, 6.07) is -0.721. The van der Waals surface area contributed by atoms with Crippen LogP contribution in [0, 0.1) is 0 Å². The topological polar surface area (TPSA) is 95.9 Å². The molecule has 1 amide bonds. The van der Waals surface area contributed by atoms with Gasteiger partial charge in [-0.25, -0.2) is 0 Å². The Bertz CT molecular complexity index is 1050. The van der Waals surface area contributed by atoms with Gasteiger partial charge in [-0.1, -0.05) is 262 Å². The van der Waals surface area contributed by atoms with E-state index in [0.717, 1.165) is 57.8 Å². The summed E-state index contributed by atoms with van der Waals surface area (Å²) in [6.07, 6.45) is 59.0. The third-order valence-corrected chi connectivity index (χ3v) is 12.0. The first kappa shape index (κ1) is 58.8. The van der Waals surface area contributed by atoms with Crippen LogP contribution in [-0.2, 0) is 14.3 Å². The molecule has 0 aliphatic rings. The Kier molecular flexibility index (Phi) is 47.1. The van der Waals surface area contributed by atoms with Crippen LogP contribution in [-0.4, -0.2) is 46.9 Å². The van der Waals surface area contributed by atoms with Crippen LogP contribution in [0.5, 0.6) is 0 Å². The van der Waals surface area contributed by atoms with E-state index in [1.807, 2.05) is 36.5 Å². The van der Waals surface area contributed by atoms with Crippen molar-refractivity contribution >= 4 is 11.9 Å². The third kappa shape index (κ3) is 44.2. The molecule has 6 nitrogen and oxygen atoms in total. The average Bonchev–Trinajstić information content (AvgIpc) is 3.25. The van der Waals surface area contributed by atoms with Crippen molar-refractivity contribution in [3.05, 3.63) is 48.6 Å². The Morgan fingerprint density at radius 1 is 0.492 bits per heavy atom. The monoisotopic (exact) mass is 856 g/mol. The lowest BCUT2D eigenvalue weighted by Gasteiger charge is -2.24. The number of amides is 1. The van der Waals surface area contributed by atoms with Crippen molar-refractivity contribution in [2.24, 2.45) is 0 Å². The molecule has 0 heterocycles. The van der Waals surface area contributed by atoms with E-state index < -0.39 is 18.2 Å². The van der Waals surface area contributed by atoms with Crippen LogP contribution < -0.4 is 5.32 Å². The normalized spacial score (nSPS) is 13.6. The van der Waals surface area contributed by atoms with Crippen LogP contribution in [0.4, 0.5) is 0 Å². The summed E-state index contributed by atoms with van der Waals surface area (Å²) in [6.45, 7) is 6.34. The smallest absolute Gasteiger partial charge is 0.306 e. The Labute approximate surface area is 378 Å². The van der Waals surface area contributed by atoms with Crippen LogP contribution in [0.15, 0.2) is 48.6 Å². The van der Waals surface area contributed by atoms with E-state index in [0.29, 0.717) is 19.3 Å². The van der Waals surface area contributed by atoms with Gasteiger partial charge in [0.15, 0.2) is 0 Å². The van der Waals surface area contributed by atoms with Crippen LogP contribution >= 0.6 is 0 Å². The molecule has 0 aromatic carbocycles. The number of hydrogen-bond donors (Lipinski definition) is 3. The molecule has 61 heavy (non-hydrogen) atoms. The summed E-state index contributed by atoms with van der Waals surface area (Å²) < 4.78 is 5.89. The molecule has 0 fully saturated rings. The van der Waals surface area contributed by atoms with Crippen molar-refractivity contribution < 1.29 is 24.5 Å². The number of unbranched alkanes of at least 4 members (excludes halogenated alkanes) is 30. The Morgan fingerprint density at radius 2 is 0.885 bits per heavy atom. The lowest BCUT2D eigenvalue weighted by Crippen LogP contribution is -2.46. The highest BCUT2D eigenvalue weighted by Crippen LogP contribution is 2.18. The number of esters is 1. The Hall–Kier alpha value is -2.18. The summed E-state index contributed by atoms with van der Waals surface area (Å²) in [5.74, 6) is -0.533. The van der Waals surface area contributed by atoms with Gasteiger partial charge in [-0.2, -0.15) is 0 Å². The van der Waals surface area contributed by atoms with Gasteiger partial charge >= 0.3 is 5.97 Å². The molecule has 6 heteroatoms. The van der Waals surface area contributed by atoms with Gasteiger partial charge in [0.2, 0.25) is 5.91 Å². The molecular weight excluding hydrogens is 755 g/mol. The van der Waals surface area contributed by atoms with Gasteiger partial charge in [0.05, 0.1) is 25.2 Å². The van der Waals surface area contributed by atoms with Crippen LogP contribution in [0.3, 0.4) is 0 Å². The molecule has 0 aromatic rings. The first-order valence-corrected chi connectivity index (χ1v) is 26.4. The number of ether oxygens (including phenoxy) is 1. The van der Waals surface area contributed by atoms with Crippen molar-refractivity contribution in [2.45, 2.75) is 283 Å². The maximum atomic E-state index is 13.2. The number of aliphatic hydroxyl groups is 2. The van der Waals surface area contributed by atoms with Gasteiger partial charge in [-0.3, -0.25) is 9.59 Å². The van der Waals surface area contributed by atoms with E-state index >= 15 is 0 Å². The second-order valence-electron chi connectivity index (χ2n) is 18.0. The van der Waals surface area contributed by atoms with Gasteiger partial charge in [-0.15, -0.1) is 0 Å². The fraction of sp³-hybridized carbons (Fsp3) is 0.818. The molecule has 3 unspecified atom stereocenters. The van der Waals surface area contributed by atoms with E-state index in [1.165, 1.54) is 161 Å². The zero-order chi connectivity index (χ0) is 44.5. The number of carbonyl (C=O) groups is 2. The molecule has 3 atom stereocenters. The molecule has 0 saturated carbocycles. The van der Waals surface area contributed by atoms with E-state index in [2.05, 4.69) is 38.2 Å². The summed E-state index contributed by atoms with van der Waals surface area (Å²) in [5, 5.41) is 23.8. The molecule has 0 saturated heterocycles. The number of allylic oxidation sites excluding steroid dienone is 8. The standard InChI is InChI=1S/C55H101NO5/c1-4-7-10-13-16-19-22-24-26-28-29-32-35-38-41-44-47-53(58)52(50-57)56-54(59)49-51(46-43-40-37-34-31-21-18-15-12-9-6-3)61-55(60)48-45-42-39-36-33-30-27-25-23-20-17-14-11-8-5-2/h9,12,15,18,21,31,34,37,51-53,57-58H,4-8,10-11,13-14,16-17,19-20,22-30,32-33,35-36,38-50H2,1-3H3,(H,56,59)/b12-9+,18-15+,31-21-,37-34-. The van der Waals surface area contributed by atoms with Gasteiger partial charge in [-0.05, 0) is 38.5 Å². The highest BCUT2D eigenvalue weighted by Gasteiger charge is 2.24. The Balaban J connectivity index is 4.53. The Morgan fingerprint density at radius 3 is 1.31 bits per heavy atom. The largest absolute Gasteiger partial charge is 0.462 e. The van der Waals surface area contributed by atoms with Crippen molar-refractivity contribution in [1.29, 1.82) is 0 Å². The van der Waals surface area contributed by atoms with E-state index in [1.54, 1.807) is 0 Å². The van der Waals surface area contributed by atoms with E-state index in [-0.39, 0.29) is 24.9 Å². The lowest BCUT2D eigenvalue weighted by molar-refractivity contribution is -0.151. The summed E-state index contributed by atoms with van der Waals surface area (Å²) >= 11 is 0. The van der Waals surface area contributed by atoms with Crippen molar-refractivity contribution in [3.63, 3.8) is 0 Å². The van der Waals surface area contributed by atoms with Crippen molar-refractivity contribution in [1.82, 2.24) is 5.32 Å². The molecule has 0 aliphatic carbocycles. The fourth-order valence-corrected chi connectivity index (χ4v) is 8.04. The minimum Gasteiger partial charge on any atom is -0.462 e. The molecule has 0 rings (SSSR count). The van der Waals surface area contributed by atoms with E-state index in [4.69, 9.17) is 4.74 Å². The fourth-order valence-electron chi connectivity index (χ4n) is 8.04. The highest BCUT2D eigenvalue weighted by molar-refractivity contribution is 5.77. The SMILES string of the molecule is CC/C=C/C=C/C=C\C=C/CCCC(CC(=O)NC(CO)C(O)CCCCCCCCCCCCCCCCCC)OC(=O)CCCCCCCCCCCCCCCCC. The van der Waals surface area contributed by atoms with E-state index in [9.17, 15) is 19.8 Å². The molecule has 3 N–H and O–H groups in total. The zero-order valence-electron chi connectivity index (χ0n) is 40.5. The number of rotatable bonds is 47. The van der Waals surface area contributed by atoms with Crippen molar-refractivity contribution in [2.75, 3.05) is 6.61 Å². The number of nitrogens with one attached hydrogen (secondary N) is 1. The predicted molar refractivity (Wildman–Crippen MR) is 264 cm³/mol. The average molecular weight is 856 g/mol. The number of carbonyl (C=O) groups excluding carboxylic acids is 2. The molecule has 0 bridgehead atoms. The zero-order valence-corrected chi connectivity index (χ0v) is 40.5. The lowest BCUT2D eigenvalue weighted by atomic mass is 10.0. The summed E-state index contributed by atoms with van der Waals surface area (Å²) in [4.78, 5) is 26.1. The van der Waals surface area contributed by atoms with Crippen molar-refractivity contribution in [3.8, 4) is 0 Å². The van der Waals surface area contributed by atoms with Gasteiger partial charge < -0.3 is 20.3 Å². The first-order valence-electron chi connectivity index (χ1n) is 26.4. The van der Waals surface area contributed by atoms with Gasteiger partial charge in [0.25, 0.3) is 0 Å². The van der Waals surface area contributed by atoms with Gasteiger partial charge in [0, 0.05) is 6.42 Å². The third-order valence-electron chi connectivity index (χ3n) is 12.0. The van der Waals surface area contributed by atoms with Crippen LogP contribution in [0.2, 0.25) is 0 Å². The maximum absolute atomic E-state index is 13.2. The quantitative estimate of drug-likeness (QED) is 0.0322. The summed E-state index contributed by atoms with van der Waals surface area (Å²) in [5.41, 5.74) is 0. The molecule has 0 aliphatic heterocycles. The minimum absolute atomic E-state index is 0.0343. The molecular formula is C55H101NO5. The first-order chi connectivity index (χ1) is 30.0. The van der Waals surface area contributed by atoms with Gasteiger partial charge in [0.1, 0.15) is 6.10 Å². The maximum Gasteiger partial charge on any atom is 0.306 e. The molecule has 0 radical (unpaired) electrons. The van der Waals surface area contributed by atoms with Crippen LogP contribution in [0.1, 0.15) is 265 Å². The molecule has 356 valence electrons. The minimum atomic E-state index is -0.803. The predicted octanol–water partition coefficient (Wildman–Crippen LogP) is 15.8. The number of aliphatic hydroxyl groups excluding tert-OH is 2. The second-order valence-corrected chi connectivity index (χ2v) is 18.0. The molecule has 0 aromatic heterocycles. The summed E-state index contributed by atoms with van der Waals surface area (Å²) in [7, 11) is 0. The second kappa shape index (κ2) is 48.8. The highest BCUT2D eigenvalue weighted by atomic mass is 16.5. The number of hydrogen-bond acceptors (Lipinski definition) is 5. The molecule has 0 spiro atoms. The van der Waals surface area contributed by atoms with Crippen LogP contribution in [0.25, 0.3) is 0 Å².